The zero-order valence-electron chi connectivity index (χ0n) is 16.3. The minimum atomic E-state index is -0.0959. The zero-order valence-corrected chi connectivity index (χ0v) is 16.3. The van der Waals surface area contributed by atoms with E-state index >= 15 is 0 Å². The van der Waals surface area contributed by atoms with Crippen LogP contribution in [-0.4, -0.2) is 47.6 Å². The molecule has 0 radical (unpaired) electrons. The monoisotopic (exact) mass is 382 g/mol. The van der Waals surface area contributed by atoms with Gasteiger partial charge in [0.2, 0.25) is 5.91 Å². The Kier molecular flexibility index (Phi) is 6.31. The molecule has 1 aliphatic heterocycles. The van der Waals surface area contributed by atoms with Crippen LogP contribution in [0, 0.1) is 6.92 Å². The number of ether oxygens (including phenoxy) is 1. The summed E-state index contributed by atoms with van der Waals surface area (Å²) in [6, 6.07) is 14.8. The van der Waals surface area contributed by atoms with E-state index in [4.69, 9.17) is 9.84 Å². The van der Waals surface area contributed by atoms with Crippen molar-refractivity contribution in [2.75, 3.05) is 24.6 Å². The van der Waals surface area contributed by atoms with Gasteiger partial charge in [0.1, 0.15) is 5.75 Å². The zero-order chi connectivity index (χ0) is 20.1. The number of hydrogen-bond acceptors (Lipinski definition) is 4. The van der Waals surface area contributed by atoms with Gasteiger partial charge in [0, 0.05) is 25.7 Å². The molecule has 2 aromatic carbocycles. The van der Waals surface area contributed by atoms with E-state index in [0.717, 1.165) is 23.2 Å². The van der Waals surface area contributed by atoms with Gasteiger partial charge in [0.05, 0.1) is 12.6 Å². The summed E-state index contributed by atoms with van der Waals surface area (Å²) in [6.45, 7) is 4.59. The summed E-state index contributed by atoms with van der Waals surface area (Å²) in [4.78, 5) is 28.3. The Morgan fingerprint density at radius 2 is 1.96 bits per heavy atom. The van der Waals surface area contributed by atoms with Gasteiger partial charge in [-0.1, -0.05) is 24.3 Å². The van der Waals surface area contributed by atoms with Crippen molar-refractivity contribution in [2.45, 2.75) is 32.9 Å². The summed E-state index contributed by atoms with van der Waals surface area (Å²) in [7, 11) is 0. The Labute approximate surface area is 165 Å². The van der Waals surface area contributed by atoms with Crippen molar-refractivity contribution < 1.29 is 19.4 Å². The molecule has 1 fully saturated rings. The number of anilines is 1. The van der Waals surface area contributed by atoms with Crippen molar-refractivity contribution in [3.63, 3.8) is 0 Å². The molecule has 1 unspecified atom stereocenters. The van der Waals surface area contributed by atoms with Crippen LogP contribution >= 0.6 is 0 Å². The number of hydrogen-bond donors (Lipinski definition) is 1. The Morgan fingerprint density at radius 1 is 1.21 bits per heavy atom. The molecule has 1 N–H and O–H groups in total. The van der Waals surface area contributed by atoms with Crippen LogP contribution in [-0.2, 0) is 16.2 Å². The van der Waals surface area contributed by atoms with Gasteiger partial charge in [-0.05, 0) is 48.7 Å². The number of benzene rings is 2. The fourth-order valence-electron chi connectivity index (χ4n) is 3.53. The number of nitrogens with zero attached hydrogens (tertiary/aromatic N) is 2. The van der Waals surface area contributed by atoms with Crippen LogP contribution in [0.4, 0.5) is 5.69 Å². The van der Waals surface area contributed by atoms with Gasteiger partial charge in [0.15, 0.2) is 6.61 Å². The fourth-order valence-corrected chi connectivity index (χ4v) is 3.53. The molecule has 2 amide bonds. The highest BCUT2D eigenvalue weighted by molar-refractivity contribution is 5.92. The van der Waals surface area contributed by atoms with E-state index in [1.165, 1.54) is 0 Å². The maximum atomic E-state index is 12.5. The third-order valence-electron chi connectivity index (χ3n) is 4.97. The average Bonchev–Trinajstić information content (AvgIpc) is 3.16. The van der Waals surface area contributed by atoms with E-state index in [2.05, 4.69) is 0 Å². The molecule has 28 heavy (non-hydrogen) atoms. The Hall–Kier alpha value is -2.86. The van der Waals surface area contributed by atoms with E-state index in [-0.39, 0.29) is 31.1 Å². The van der Waals surface area contributed by atoms with Crippen molar-refractivity contribution in [3.8, 4) is 5.75 Å². The average molecular weight is 382 g/mol. The molecule has 148 valence electrons. The van der Waals surface area contributed by atoms with Crippen LogP contribution in [0.3, 0.4) is 0 Å². The van der Waals surface area contributed by atoms with E-state index in [0.29, 0.717) is 18.8 Å². The third kappa shape index (κ3) is 4.70. The first-order chi connectivity index (χ1) is 13.5. The number of aliphatic hydroxyl groups excluding tert-OH is 1. The summed E-state index contributed by atoms with van der Waals surface area (Å²) in [5.74, 6) is 0.470. The first-order valence-electron chi connectivity index (χ1n) is 9.45. The summed E-state index contributed by atoms with van der Waals surface area (Å²) < 4.78 is 5.57. The highest BCUT2D eigenvalue weighted by atomic mass is 16.5. The molecule has 6 heteroatoms. The van der Waals surface area contributed by atoms with Crippen LogP contribution in [0.15, 0.2) is 48.5 Å². The van der Waals surface area contributed by atoms with Crippen LogP contribution in [0.1, 0.15) is 24.5 Å². The summed E-state index contributed by atoms with van der Waals surface area (Å²) >= 11 is 0. The summed E-state index contributed by atoms with van der Waals surface area (Å²) in [5.41, 5.74) is 2.75. The van der Waals surface area contributed by atoms with Gasteiger partial charge < -0.3 is 19.6 Å². The number of rotatable bonds is 6. The molecule has 0 bridgehead atoms. The van der Waals surface area contributed by atoms with E-state index in [9.17, 15) is 9.59 Å². The van der Waals surface area contributed by atoms with Crippen molar-refractivity contribution >= 4 is 17.5 Å². The van der Waals surface area contributed by atoms with Gasteiger partial charge in [-0.15, -0.1) is 0 Å². The standard InChI is InChI=1S/C22H26N2O4/c1-16-4-3-5-19(12-16)24(17(2)26)20-10-11-23(13-20)22(27)15-28-21-8-6-18(14-25)7-9-21/h3-9,12,20,25H,10-11,13-15H2,1-2H3. The van der Waals surface area contributed by atoms with E-state index in [1.807, 2.05) is 31.2 Å². The SMILES string of the molecule is CC(=O)N(c1cccc(C)c1)C1CCN(C(=O)COc2ccc(CO)cc2)C1. The predicted molar refractivity (Wildman–Crippen MR) is 107 cm³/mol. The predicted octanol–water partition coefficient (Wildman–Crippen LogP) is 2.52. The summed E-state index contributed by atoms with van der Waals surface area (Å²) in [6.07, 6.45) is 0.741. The number of carbonyl (C=O) groups is 2. The molecule has 1 heterocycles. The van der Waals surface area contributed by atoms with Crippen molar-refractivity contribution in [2.24, 2.45) is 0 Å². The second kappa shape index (κ2) is 8.89. The molecular formula is C22H26N2O4. The maximum Gasteiger partial charge on any atom is 0.260 e. The lowest BCUT2D eigenvalue weighted by molar-refractivity contribution is -0.132. The Morgan fingerprint density at radius 3 is 2.61 bits per heavy atom. The quantitative estimate of drug-likeness (QED) is 0.834. The third-order valence-corrected chi connectivity index (χ3v) is 4.97. The van der Waals surface area contributed by atoms with Crippen LogP contribution in [0.5, 0.6) is 5.75 Å². The molecule has 0 saturated carbocycles. The van der Waals surface area contributed by atoms with Gasteiger partial charge in [-0.25, -0.2) is 0 Å². The summed E-state index contributed by atoms with van der Waals surface area (Å²) in [5, 5.41) is 9.07. The molecule has 1 aliphatic rings. The van der Waals surface area contributed by atoms with Gasteiger partial charge >= 0.3 is 0 Å². The molecule has 3 rings (SSSR count). The molecular weight excluding hydrogens is 356 g/mol. The van der Waals surface area contributed by atoms with E-state index in [1.54, 1.807) is 41.0 Å². The van der Waals surface area contributed by atoms with E-state index < -0.39 is 0 Å². The number of aliphatic hydroxyl groups is 1. The number of carbonyl (C=O) groups excluding carboxylic acids is 2. The molecule has 0 spiro atoms. The number of amides is 2. The first-order valence-corrected chi connectivity index (χ1v) is 9.45. The Balaban J connectivity index is 1.59. The highest BCUT2D eigenvalue weighted by Gasteiger charge is 2.32. The first kappa shape index (κ1) is 19.9. The van der Waals surface area contributed by atoms with Gasteiger partial charge in [-0.2, -0.15) is 0 Å². The molecule has 2 aromatic rings. The van der Waals surface area contributed by atoms with Crippen LogP contribution in [0.25, 0.3) is 0 Å². The molecule has 0 aliphatic carbocycles. The number of likely N-dealkylation sites (tertiary alicyclic amines) is 1. The second-order valence-electron chi connectivity index (χ2n) is 7.10. The largest absolute Gasteiger partial charge is 0.484 e. The molecule has 0 aromatic heterocycles. The maximum absolute atomic E-state index is 12.5. The molecule has 1 saturated heterocycles. The lowest BCUT2D eigenvalue weighted by Gasteiger charge is -2.28. The van der Waals surface area contributed by atoms with Gasteiger partial charge in [-0.3, -0.25) is 9.59 Å². The highest BCUT2D eigenvalue weighted by Crippen LogP contribution is 2.24. The Bertz CT molecular complexity index is 835. The fraction of sp³-hybridized carbons (Fsp3) is 0.364. The number of aryl methyl sites for hydroxylation is 1. The minimum Gasteiger partial charge on any atom is -0.484 e. The lowest BCUT2D eigenvalue weighted by atomic mass is 10.1. The van der Waals surface area contributed by atoms with Crippen LogP contribution < -0.4 is 9.64 Å². The normalized spacial score (nSPS) is 16.1. The van der Waals surface area contributed by atoms with Crippen molar-refractivity contribution in [1.29, 1.82) is 0 Å². The lowest BCUT2D eigenvalue weighted by Crippen LogP contribution is -2.42. The topological polar surface area (TPSA) is 70.1 Å². The molecule has 6 nitrogen and oxygen atoms in total. The van der Waals surface area contributed by atoms with Gasteiger partial charge in [0.25, 0.3) is 5.91 Å². The minimum absolute atomic E-state index is 0.0230. The second-order valence-corrected chi connectivity index (χ2v) is 7.10. The van der Waals surface area contributed by atoms with Crippen molar-refractivity contribution in [3.05, 3.63) is 59.7 Å². The van der Waals surface area contributed by atoms with Crippen LogP contribution in [0.2, 0.25) is 0 Å². The smallest absolute Gasteiger partial charge is 0.260 e. The molecule has 1 atom stereocenters. The van der Waals surface area contributed by atoms with Crippen molar-refractivity contribution in [1.82, 2.24) is 4.90 Å².